The van der Waals surface area contributed by atoms with Crippen molar-refractivity contribution in [3.63, 3.8) is 0 Å². The second kappa shape index (κ2) is 26.6. The number of unbranched alkanes of at least 4 members (excludes halogenated alkanes) is 2. The van der Waals surface area contributed by atoms with Gasteiger partial charge in [-0.1, -0.05) is 80.4 Å². The number of nitrogens with one attached hydrogen (secondary N) is 7. The summed E-state index contributed by atoms with van der Waals surface area (Å²) >= 11 is 0. The molecule has 0 bridgehead atoms. The molecule has 1 aromatic heterocycles. The fraction of sp³-hybridized carbons (Fsp3) is 0.365. The minimum Gasteiger partial charge on any atom is -0.481 e. The minimum atomic E-state index is -1.59. The standard InChI is InChI=1S/C52H63N9O9/c1-3-4-17-41(47(53)66)59-50(69)52(31-37-15-6-7-16-38(37)32-52)61-49(68)43(20-11-21-46(64)65)58-48(67)42(19-9-10-29-55-44(62)27-24-36-14-12-28-54-33-36)57-45(63)30-35-22-25-39(26-23-35)56-51(70)60-40-18-8-5-13-34(40)2/h5-8,12-16,18,22-28,33,41-43H,3-4,9-11,17,19-21,29-32H2,1-2H3,(H2,53,66)(H,55,62)(H,57,63)(H,58,67)(H,59,69)(H,61,68)(H,64,65)(H2,56,60,70)/b27-24+/t41-,42-,43-/m0/s1. The van der Waals surface area contributed by atoms with Crippen molar-refractivity contribution < 1.29 is 43.5 Å². The molecule has 10 N–H and O–H groups in total. The van der Waals surface area contributed by atoms with Crippen LogP contribution in [0.15, 0.2) is 103 Å². The lowest BCUT2D eigenvalue weighted by molar-refractivity contribution is -0.138. The lowest BCUT2D eigenvalue weighted by Crippen LogP contribution is -2.65. The molecule has 3 atom stereocenters. The van der Waals surface area contributed by atoms with Gasteiger partial charge in [0, 0.05) is 55.7 Å². The zero-order valence-electron chi connectivity index (χ0n) is 39.6. The minimum absolute atomic E-state index is 0.0156. The van der Waals surface area contributed by atoms with Crippen molar-refractivity contribution in [2.24, 2.45) is 5.73 Å². The zero-order chi connectivity index (χ0) is 50.5. The molecule has 70 heavy (non-hydrogen) atoms. The number of hydrogen-bond donors (Lipinski definition) is 9. The molecule has 0 radical (unpaired) electrons. The number of carboxylic acids is 1. The molecule has 1 aliphatic rings. The quantitative estimate of drug-likeness (QED) is 0.0311. The normalized spacial score (nSPS) is 13.7. The number of rotatable bonds is 26. The number of aliphatic carboxylic acids is 1. The van der Waals surface area contributed by atoms with Gasteiger partial charge in [-0.15, -0.1) is 0 Å². The van der Waals surface area contributed by atoms with Gasteiger partial charge in [0.2, 0.25) is 35.4 Å². The molecule has 0 spiro atoms. The summed E-state index contributed by atoms with van der Waals surface area (Å²) in [7, 11) is 0. The van der Waals surface area contributed by atoms with E-state index in [0.717, 1.165) is 28.7 Å². The number of primary amides is 1. The molecule has 0 saturated carbocycles. The highest BCUT2D eigenvalue weighted by atomic mass is 16.4. The molecule has 370 valence electrons. The van der Waals surface area contributed by atoms with E-state index in [9.17, 15) is 43.5 Å². The van der Waals surface area contributed by atoms with Gasteiger partial charge < -0.3 is 48.1 Å². The Balaban J connectivity index is 1.30. The number of carbonyl (C=O) groups excluding carboxylic acids is 7. The number of pyridine rings is 1. The number of benzene rings is 3. The Bertz CT molecular complexity index is 2470. The van der Waals surface area contributed by atoms with Gasteiger partial charge in [-0.3, -0.25) is 38.5 Å². The van der Waals surface area contributed by atoms with Gasteiger partial charge in [0.25, 0.3) is 0 Å². The molecule has 5 rings (SSSR count). The topological polar surface area (TPSA) is 280 Å². The molecule has 18 nitrogen and oxygen atoms in total. The van der Waals surface area contributed by atoms with Gasteiger partial charge in [0.15, 0.2) is 0 Å². The molecule has 18 heteroatoms. The van der Waals surface area contributed by atoms with Gasteiger partial charge in [0.1, 0.15) is 23.7 Å². The van der Waals surface area contributed by atoms with Gasteiger partial charge in [-0.25, -0.2) is 4.79 Å². The number of urea groups is 1. The number of carbonyl (C=O) groups is 8. The van der Waals surface area contributed by atoms with Gasteiger partial charge in [-0.05, 0) is 104 Å². The molecule has 1 heterocycles. The van der Waals surface area contributed by atoms with Crippen molar-refractivity contribution in [2.75, 3.05) is 17.2 Å². The molecule has 0 fully saturated rings. The van der Waals surface area contributed by atoms with Gasteiger partial charge in [-0.2, -0.15) is 0 Å². The van der Waals surface area contributed by atoms with E-state index in [1.54, 1.807) is 73.1 Å². The molecule has 4 aromatic rings. The van der Waals surface area contributed by atoms with Crippen LogP contribution < -0.4 is 43.0 Å². The van der Waals surface area contributed by atoms with Crippen LogP contribution in [0.4, 0.5) is 16.2 Å². The van der Waals surface area contributed by atoms with Crippen LogP contribution in [0.2, 0.25) is 0 Å². The molecule has 8 amide bonds. The van der Waals surface area contributed by atoms with Gasteiger partial charge >= 0.3 is 12.0 Å². The van der Waals surface area contributed by atoms with E-state index >= 15 is 0 Å². The van der Waals surface area contributed by atoms with Crippen molar-refractivity contribution in [3.8, 4) is 0 Å². The summed E-state index contributed by atoms with van der Waals surface area (Å²) in [6.07, 6.45) is 8.30. The van der Waals surface area contributed by atoms with Crippen molar-refractivity contribution in [3.05, 3.63) is 131 Å². The third kappa shape index (κ3) is 16.7. The first-order valence-electron chi connectivity index (χ1n) is 23.5. The smallest absolute Gasteiger partial charge is 0.323 e. The number of carboxylic acid groups (broad SMARTS) is 1. The first kappa shape index (κ1) is 53.1. The van der Waals surface area contributed by atoms with Crippen LogP contribution in [-0.2, 0) is 52.8 Å². The summed E-state index contributed by atoms with van der Waals surface area (Å²) in [5.41, 5.74) is 9.03. The molecule has 1 aliphatic carbocycles. The average molecular weight is 958 g/mol. The summed E-state index contributed by atoms with van der Waals surface area (Å²) in [6.45, 7) is 4.06. The zero-order valence-corrected chi connectivity index (χ0v) is 39.6. The van der Waals surface area contributed by atoms with E-state index in [1.165, 1.54) is 6.08 Å². The largest absolute Gasteiger partial charge is 0.481 e. The second-order valence-electron chi connectivity index (χ2n) is 17.4. The number of para-hydroxylation sites is 1. The van der Waals surface area contributed by atoms with Gasteiger partial charge in [0.05, 0.1) is 6.42 Å². The average Bonchev–Trinajstić information content (AvgIpc) is 3.72. The predicted octanol–water partition coefficient (Wildman–Crippen LogP) is 4.62. The monoisotopic (exact) mass is 957 g/mol. The Kier molecular flexibility index (Phi) is 20.2. The van der Waals surface area contributed by atoms with E-state index in [1.807, 2.05) is 44.2 Å². The number of amides is 8. The first-order valence-corrected chi connectivity index (χ1v) is 23.5. The van der Waals surface area contributed by atoms with Crippen LogP contribution in [0.25, 0.3) is 6.08 Å². The first-order chi connectivity index (χ1) is 33.6. The number of hydrogen-bond acceptors (Lipinski definition) is 9. The van der Waals surface area contributed by atoms with Crippen LogP contribution in [-0.4, -0.2) is 87.7 Å². The van der Waals surface area contributed by atoms with Crippen molar-refractivity contribution >= 4 is 64.9 Å². The van der Waals surface area contributed by atoms with E-state index in [4.69, 9.17) is 5.73 Å². The fourth-order valence-corrected chi connectivity index (χ4v) is 8.03. The maximum atomic E-state index is 14.4. The summed E-state index contributed by atoms with van der Waals surface area (Å²) in [5, 5.41) is 29.0. The third-order valence-electron chi connectivity index (χ3n) is 11.9. The number of anilines is 2. The van der Waals surface area contributed by atoms with Crippen LogP contribution in [0.1, 0.15) is 92.5 Å². The Morgan fingerprint density at radius 1 is 0.743 bits per heavy atom. The highest BCUT2D eigenvalue weighted by Crippen LogP contribution is 2.31. The Hall–Kier alpha value is -7.89. The van der Waals surface area contributed by atoms with E-state index in [-0.39, 0.29) is 57.4 Å². The Labute approximate surface area is 407 Å². The maximum absolute atomic E-state index is 14.4. The van der Waals surface area contributed by atoms with Crippen molar-refractivity contribution in [1.82, 2.24) is 31.6 Å². The van der Waals surface area contributed by atoms with Crippen LogP contribution in [0, 0.1) is 6.92 Å². The number of fused-ring (bicyclic) bond motifs is 1. The van der Waals surface area contributed by atoms with Crippen molar-refractivity contribution in [2.45, 2.75) is 115 Å². The summed E-state index contributed by atoms with van der Waals surface area (Å²) in [6, 6.07) is 20.8. The summed E-state index contributed by atoms with van der Waals surface area (Å²) in [4.78, 5) is 110. The lowest BCUT2D eigenvalue weighted by atomic mass is 9.92. The molecular formula is C52H63N9O9. The molecule has 0 unspecified atom stereocenters. The van der Waals surface area contributed by atoms with Crippen LogP contribution in [0.3, 0.4) is 0 Å². The molecule has 0 saturated heterocycles. The highest BCUT2D eigenvalue weighted by Gasteiger charge is 2.47. The van der Waals surface area contributed by atoms with E-state index < -0.39 is 65.2 Å². The summed E-state index contributed by atoms with van der Waals surface area (Å²) < 4.78 is 0. The van der Waals surface area contributed by atoms with Crippen molar-refractivity contribution in [1.29, 1.82) is 0 Å². The highest BCUT2D eigenvalue weighted by molar-refractivity contribution is 6.01. The van der Waals surface area contributed by atoms with Crippen LogP contribution >= 0.6 is 0 Å². The summed E-state index contributed by atoms with van der Waals surface area (Å²) in [5.74, 6) is -4.82. The Morgan fingerprint density at radius 3 is 2.07 bits per heavy atom. The molecular weight excluding hydrogens is 895 g/mol. The third-order valence-corrected chi connectivity index (χ3v) is 11.9. The SMILES string of the molecule is CCCC[C@H](NC(=O)C1(NC(=O)[C@H](CCCC(=O)O)NC(=O)[C@H](CCCCNC(=O)/C=C/c2cccnc2)NC(=O)Cc2ccc(NC(=O)Nc3ccccc3C)cc2)Cc2ccccc2C1)C(N)=O. The van der Waals surface area contributed by atoms with E-state index in [2.05, 4.69) is 42.2 Å². The molecule has 3 aromatic carbocycles. The number of nitrogens with zero attached hydrogens (tertiary/aromatic N) is 1. The Morgan fingerprint density at radius 2 is 1.41 bits per heavy atom. The lowest BCUT2D eigenvalue weighted by Gasteiger charge is -2.33. The molecule has 0 aliphatic heterocycles. The van der Waals surface area contributed by atoms with E-state index in [0.29, 0.717) is 42.6 Å². The number of aryl methyl sites for hydroxylation is 1. The number of aromatic nitrogens is 1. The maximum Gasteiger partial charge on any atom is 0.323 e. The fourth-order valence-electron chi connectivity index (χ4n) is 8.03. The van der Waals surface area contributed by atoms with Crippen LogP contribution in [0.5, 0.6) is 0 Å². The second-order valence-corrected chi connectivity index (χ2v) is 17.4. The predicted molar refractivity (Wildman–Crippen MR) is 265 cm³/mol. The number of nitrogens with two attached hydrogens (primary N) is 1.